The van der Waals surface area contributed by atoms with E-state index in [4.69, 9.17) is 0 Å². The summed E-state index contributed by atoms with van der Waals surface area (Å²) >= 11 is 3.85. The van der Waals surface area contributed by atoms with E-state index < -0.39 is 0 Å². The van der Waals surface area contributed by atoms with Gasteiger partial charge >= 0.3 is 0 Å². The Morgan fingerprint density at radius 3 is 2.69 bits per heavy atom. The molecule has 1 rings (SSSR count). The summed E-state index contributed by atoms with van der Waals surface area (Å²) in [4.78, 5) is 0.775. The second-order valence-electron chi connectivity index (χ2n) is 5.33. The van der Waals surface area contributed by atoms with Gasteiger partial charge in [-0.2, -0.15) is 0 Å². The molecule has 2 atom stereocenters. The van der Waals surface area contributed by atoms with Crippen LogP contribution in [0.3, 0.4) is 0 Å². The van der Waals surface area contributed by atoms with Crippen LogP contribution in [0.5, 0.6) is 0 Å². The number of halogens is 1. The second-order valence-corrected chi connectivity index (χ2v) is 6.50. The lowest BCUT2D eigenvalue weighted by Gasteiger charge is -2.37. The van der Waals surface area contributed by atoms with Gasteiger partial charge in [-0.1, -0.05) is 49.5 Å². The summed E-state index contributed by atoms with van der Waals surface area (Å²) in [5.74, 6) is 0.934. The van der Waals surface area contributed by atoms with Crippen molar-refractivity contribution in [2.75, 3.05) is 0 Å². The van der Waals surface area contributed by atoms with Crippen molar-refractivity contribution in [1.82, 2.24) is 0 Å². The second kappa shape index (κ2) is 4.82. The molecule has 0 aromatic heterocycles. The highest BCUT2D eigenvalue weighted by molar-refractivity contribution is 9.09. The Morgan fingerprint density at radius 1 is 1.46 bits per heavy atom. The van der Waals surface area contributed by atoms with Gasteiger partial charge in [0.25, 0.3) is 0 Å². The van der Waals surface area contributed by atoms with Gasteiger partial charge < -0.3 is 0 Å². The van der Waals surface area contributed by atoms with E-state index in [-0.39, 0.29) is 0 Å². The third-order valence-electron chi connectivity index (χ3n) is 3.32. The van der Waals surface area contributed by atoms with Gasteiger partial charge in [0.2, 0.25) is 0 Å². The first-order valence-electron chi connectivity index (χ1n) is 5.69. The molecule has 0 nitrogen and oxygen atoms in total. The highest BCUT2D eigenvalue weighted by atomic mass is 79.9. The van der Waals surface area contributed by atoms with Gasteiger partial charge in [-0.15, -0.1) is 0 Å². The normalized spacial score (nSPS) is 30.0. The summed E-state index contributed by atoms with van der Waals surface area (Å²) in [6.45, 7) is 7.12. The molecular formula is C12H23Br. The smallest absolute Gasteiger partial charge is 0.0174 e. The Labute approximate surface area is 91.6 Å². The van der Waals surface area contributed by atoms with Crippen LogP contribution in [0.1, 0.15) is 59.3 Å². The minimum Gasteiger partial charge on any atom is -0.0888 e. The molecule has 0 saturated heterocycles. The fourth-order valence-corrected chi connectivity index (χ4v) is 3.49. The van der Waals surface area contributed by atoms with Crippen LogP contribution >= 0.6 is 15.9 Å². The summed E-state index contributed by atoms with van der Waals surface area (Å²) in [5.41, 5.74) is 0.600. The molecular weight excluding hydrogens is 224 g/mol. The van der Waals surface area contributed by atoms with Gasteiger partial charge in [0.1, 0.15) is 0 Å². The lowest BCUT2D eigenvalue weighted by atomic mass is 9.71. The molecule has 0 heterocycles. The maximum absolute atomic E-state index is 3.85. The van der Waals surface area contributed by atoms with Crippen molar-refractivity contribution in [1.29, 1.82) is 0 Å². The quantitative estimate of drug-likeness (QED) is 0.630. The maximum Gasteiger partial charge on any atom is 0.0174 e. The monoisotopic (exact) mass is 246 g/mol. The van der Waals surface area contributed by atoms with Gasteiger partial charge in [-0.3, -0.25) is 0 Å². The summed E-state index contributed by atoms with van der Waals surface area (Å²) in [7, 11) is 0. The number of hydrogen-bond acceptors (Lipinski definition) is 0. The number of alkyl halides is 1. The van der Waals surface area contributed by atoms with E-state index in [1.54, 1.807) is 0 Å². The molecule has 1 aliphatic rings. The van der Waals surface area contributed by atoms with Crippen LogP contribution in [-0.4, -0.2) is 4.83 Å². The molecule has 13 heavy (non-hydrogen) atoms. The molecule has 1 fully saturated rings. The Morgan fingerprint density at radius 2 is 2.15 bits per heavy atom. The van der Waals surface area contributed by atoms with Crippen LogP contribution in [0.2, 0.25) is 0 Å². The largest absolute Gasteiger partial charge is 0.0888 e. The third-order valence-corrected chi connectivity index (χ3v) is 4.52. The third kappa shape index (κ3) is 3.61. The molecule has 78 valence electrons. The minimum absolute atomic E-state index is 0.600. The van der Waals surface area contributed by atoms with Gasteiger partial charge in [0.05, 0.1) is 0 Å². The Hall–Kier alpha value is 0.480. The van der Waals surface area contributed by atoms with E-state index in [1.165, 1.54) is 38.5 Å². The topological polar surface area (TPSA) is 0 Å². The van der Waals surface area contributed by atoms with Crippen molar-refractivity contribution in [3.05, 3.63) is 0 Å². The first-order valence-corrected chi connectivity index (χ1v) is 6.61. The Kier molecular flexibility index (Phi) is 4.28. The lowest BCUT2D eigenvalue weighted by Crippen LogP contribution is -2.27. The van der Waals surface area contributed by atoms with Crippen molar-refractivity contribution in [2.45, 2.75) is 64.1 Å². The van der Waals surface area contributed by atoms with Crippen molar-refractivity contribution in [3.8, 4) is 0 Å². The fraction of sp³-hybridized carbons (Fsp3) is 1.00. The van der Waals surface area contributed by atoms with E-state index in [9.17, 15) is 0 Å². The molecule has 0 bridgehead atoms. The molecule has 1 aliphatic carbocycles. The molecule has 1 saturated carbocycles. The van der Waals surface area contributed by atoms with Crippen LogP contribution in [-0.2, 0) is 0 Å². The van der Waals surface area contributed by atoms with Crippen LogP contribution < -0.4 is 0 Å². The molecule has 0 spiro atoms. The Balaban J connectivity index is 2.42. The summed E-state index contributed by atoms with van der Waals surface area (Å²) < 4.78 is 0. The van der Waals surface area contributed by atoms with Gasteiger partial charge in [0.15, 0.2) is 0 Å². The average Bonchev–Trinajstić information content (AvgIpc) is 2.03. The van der Waals surface area contributed by atoms with E-state index in [1.807, 2.05) is 0 Å². The molecule has 0 aromatic rings. The molecule has 0 aliphatic heterocycles. The summed E-state index contributed by atoms with van der Waals surface area (Å²) in [5, 5.41) is 0. The number of hydrogen-bond donors (Lipinski definition) is 0. The summed E-state index contributed by atoms with van der Waals surface area (Å²) in [6, 6.07) is 0. The zero-order chi connectivity index (χ0) is 9.90. The van der Waals surface area contributed by atoms with Crippen molar-refractivity contribution >= 4 is 15.9 Å². The standard InChI is InChI=1S/C12H23Br/c1-4-6-11(13)10-7-5-8-12(2,3)9-10/h10-11H,4-9H2,1-3H3. The highest BCUT2D eigenvalue weighted by Crippen LogP contribution is 2.42. The number of rotatable bonds is 3. The zero-order valence-corrected chi connectivity index (χ0v) is 10.9. The molecule has 1 heteroatoms. The van der Waals surface area contributed by atoms with Crippen molar-refractivity contribution < 1.29 is 0 Å². The molecule has 2 unspecified atom stereocenters. The predicted molar refractivity (Wildman–Crippen MR) is 63.4 cm³/mol. The zero-order valence-electron chi connectivity index (χ0n) is 9.28. The molecule has 0 radical (unpaired) electrons. The van der Waals surface area contributed by atoms with Crippen LogP contribution in [0.4, 0.5) is 0 Å². The van der Waals surface area contributed by atoms with E-state index >= 15 is 0 Å². The first kappa shape index (κ1) is 11.6. The van der Waals surface area contributed by atoms with Gasteiger partial charge in [0, 0.05) is 4.83 Å². The highest BCUT2D eigenvalue weighted by Gasteiger charge is 2.30. The van der Waals surface area contributed by atoms with E-state index in [2.05, 4.69) is 36.7 Å². The minimum atomic E-state index is 0.600. The predicted octanol–water partition coefficient (Wildman–Crippen LogP) is 4.77. The molecule has 0 amide bonds. The summed E-state index contributed by atoms with van der Waals surface area (Å²) in [6.07, 6.45) is 8.38. The van der Waals surface area contributed by atoms with Crippen molar-refractivity contribution in [2.24, 2.45) is 11.3 Å². The fourth-order valence-electron chi connectivity index (χ4n) is 2.58. The SMILES string of the molecule is CCCC(Br)C1CCCC(C)(C)C1. The average molecular weight is 247 g/mol. The van der Waals surface area contributed by atoms with Crippen LogP contribution in [0.15, 0.2) is 0 Å². The molecule has 0 N–H and O–H groups in total. The maximum atomic E-state index is 3.85. The molecule has 0 aromatic carbocycles. The van der Waals surface area contributed by atoms with Crippen molar-refractivity contribution in [3.63, 3.8) is 0 Å². The van der Waals surface area contributed by atoms with E-state index in [0.717, 1.165) is 10.7 Å². The Bertz CT molecular complexity index is 151. The van der Waals surface area contributed by atoms with Crippen LogP contribution in [0, 0.1) is 11.3 Å². The lowest BCUT2D eigenvalue weighted by molar-refractivity contribution is 0.176. The van der Waals surface area contributed by atoms with E-state index in [0.29, 0.717) is 5.41 Å². The van der Waals surface area contributed by atoms with Gasteiger partial charge in [-0.05, 0) is 37.0 Å². The van der Waals surface area contributed by atoms with Gasteiger partial charge in [-0.25, -0.2) is 0 Å². The van der Waals surface area contributed by atoms with Crippen LogP contribution in [0.25, 0.3) is 0 Å². The first-order chi connectivity index (χ1) is 6.05.